The summed E-state index contributed by atoms with van der Waals surface area (Å²) >= 11 is 0. The van der Waals surface area contributed by atoms with Crippen LogP contribution in [0.4, 0.5) is 0 Å². The molecule has 0 aliphatic carbocycles. The average Bonchev–Trinajstić information content (AvgIpc) is 2.30. The van der Waals surface area contributed by atoms with Gasteiger partial charge in [0.2, 0.25) is 17.7 Å². The lowest BCUT2D eigenvalue weighted by Crippen LogP contribution is -2.52. The normalized spacial score (nSPS) is 14.1. The highest BCUT2D eigenvalue weighted by Crippen LogP contribution is 2.00. The second-order valence-corrected chi connectivity index (χ2v) is 5.18. The van der Waals surface area contributed by atoms with E-state index >= 15 is 0 Å². The monoisotopic (exact) mass is 272 g/mol. The van der Waals surface area contributed by atoms with Gasteiger partial charge in [0.05, 0.1) is 12.6 Å². The molecule has 7 nitrogen and oxygen atoms in total. The van der Waals surface area contributed by atoms with E-state index in [2.05, 4.69) is 10.6 Å². The summed E-state index contributed by atoms with van der Waals surface area (Å²) in [5.74, 6) is -1.60. The predicted octanol–water partition coefficient (Wildman–Crippen LogP) is -1.29. The standard InChI is InChI=1S/C12H24N4O3/c1-6(2)9(13)12(19)15-5-8(17)16-10(7(3)4)11(14)18/h6-7,9-10H,5,13H2,1-4H3,(H2,14,18)(H,15,19)(H,16,17)/t9-,10?/m0/s1. The number of rotatable bonds is 7. The van der Waals surface area contributed by atoms with Crippen molar-refractivity contribution < 1.29 is 14.4 Å². The maximum Gasteiger partial charge on any atom is 0.240 e. The first-order valence-corrected chi connectivity index (χ1v) is 6.28. The molecule has 1 unspecified atom stereocenters. The Morgan fingerprint density at radius 1 is 1.05 bits per heavy atom. The van der Waals surface area contributed by atoms with E-state index in [4.69, 9.17) is 11.5 Å². The van der Waals surface area contributed by atoms with Crippen LogP contribution in [0, 0.1) is 11.8 Å². The van der Waals surface area contributed by atoms with Crippen molar-refractivity contribution in [3.05, 3.63) is 0 Å². The van der Waals surface area contributed by atoms with Crippen molar-refractivity contribution in [2.45, 2.75) is 39.8 Å². The molecular formula is C12H24N4O3. The fourth-order valence-electron chi connectivity index (χ4n) is 1.38. The van der Waals surface area contributed by atoms with Gasteiger partial charge in [0.1, 0.15) is 6.04 Å². The van der Waals surface area contributed by atoms with Crippen LogP contribution in [0.15, 0.2) is 0 Å². The number of nitrogens with one attached hydrogen (secondary N) is 2. The molecule has 110 valence electrons. The summed E-state index contributed by atoms with van der Waals surface area (Å²) in [6, 6.07) is -1.41. The molecule has 6 N–H and O–H groups in total. The van der Waals surface area contributed by atoms with E-state index in [9.17, 15) is 14.4 Å². The second kappa shape index (κ2) is 7.73. The zero-order chi connectivity index (χ0) is 15.2. The maximum atomic E-state index is 11.6. The first kappa shape index (κ1) is 17.4. The van der Waals surface area contributed by atoms with Crippen LogP contribution in [0.1, 0.15) is 27.7 Å². The van der Waals surface area contributed by atoms with Gasteiger partial charge in [0, 0.05) is 0 Å². The molecule has 2 atom stereocenters. The maximum absolute atomic E-state index is 11.6. The summed E-state index contributed by atoms with van der Waals surface area (Å²) < 4.78 is 0. The van der Waals surface area contributed by atoms with Gasteiger partial charge in [-0.1, -0.05) is 27.7 Å². The fourth-order valence-corrected chi connectivity index (χ4v) is 1.38. The molecule has 0 spiro atoms. The molecule has 0 aromatic heterocycles. The molecule has 0 saturated heterocycles. The van der Waals surface area contributed by atoms with Gasteiger partial charge in [-0.25, -0.2) is 0 Å². The Morgan fingerprint density at radius 2 is 1.58 bits per heavy atom. The molecule has 0 fully saturated rings. The zero-order valence-corrected chi connectivity index (χ0v) is 11.9. The molecule has 0 aliphatic heterocycles. The molecule has 0 bridgehead atoms. The minimum Gasteiger partial charge on any atom is -0.368 e. The Kier molecular flexibility index (Phi) is 7.06. The van der Waals surface area contributed by atoms with Crippen molar-refractivity contribution in [1.29, 1.82) is 0 Å². The topological polar surface area (TPSA) is 127 Å². The van der Waals surface area contributed by atoms with Gasteiger partial charge in [-0.3, -0.25) is 14.4 Å². The van der Waals surface area contributed by atoms with Crippen LogP contribution in [0.5, 0.6) is 0 Å². The molecule has 3 amide bonds. The average molecular weight is 272 g/mol. The van der Waals surface area contributed by atoms with Gasteiger partial charge < -0.3 is 22.1 Å². The quantitative estimate of drug-likeness (QED) is 0.460. The van der Waals surface area contributed by atoms with Crippen LogP contribution in [-0.2, 0) is 14.4 Å². The van der Waals surface area contributed by atoms with Crippen LogP contribution in [0.25, 0.3) is 0 Å². The summed E-state index contributed by atoms with van der Waals surface area (Å²) in [5, 5.41) is 4.89. The lowest BCUT2D eigenvalue weighted by atomic mass is 10.0. The summed E-state index contributed by atoms with van der Waals surface area (Å²) in [7, 11) is 0. The number of carbonyl (C=O) groups is 3. The van der Waals surface area contributed by atoms with Gasteiger partial charge >= 0.3 is 0 Å². The molecule has 7 heteroatoms. The molecule has 0 rings (SSSR count). The lowest BCUT2D eigenvalue weighted by molar-refractivity contribution is -0.129. The Balaban J connectivity index is 4.26. The smallest absolute Gasteiger partial charge is 0.240 e. The summed E-state index contributed by atoms with van der Waals surface area (Å²) in [5.41, 5.74) is 10.8. The highest BCUT2D eigenvalue weighted by molar-refractivity contribution is 5.90. The summed E-state index contributed by atoms with van der Waals surface area (Å²) in [4.78, 5) is 34.2. The van der Waals surface area contributed by atoms with Crippen LogP contribution in [-0.4, -0.2) is 36.3 Å². The van der Waals surface area contributed by atoms with Gasteiger partial charge in [-0.2, -0.15) is 0 Å². The Morgan fingerprint density at radius 3 is 1.95 bits per heavy atom. The molecule has 0 aliphatic rings. The van der Waals surface area contributed by atoms with Crippen LogP contribution in [0.3, 0.4) is 0 Å². The van der Waals surface area contributed by atoms with Crippen molar-refractivity contribution in [3.8, 4) is 0 Å². The largest absolute Gasteiger partial charge is 0.368 e. The van der Waals surface area contributed by atoms with Crippen molar-refractivity contribution in [2.75, 3.05) is 6.54 Å². The Hall–Kier alpha value is -1.63. The molecule has 0 aromatic rings. The predicted molar refractivity (Wildman–Crippen MR) is 71.8 cm³/mol. The fraction of sp³-hybridized carbons (Fsp3) is 0.750. The van der Waals surface area contributed by atoms with Crippen LogP contribution >= 0.6 is 0 Å². The van der Waals surface area contributed by atoms with E-state index in [-0.39, 0.29) is 18.4 Å². The van der Waals surface area contributed by atoms with E-state index in [1.165, 1.54) is 0 Å². The zero-order valence-electron chi connectivity index (χ0n) is 11.9. The molecule has 19 heavy (non-hydrogen) atoms. The van der Waals surface area contributed by atoms with E-state index in [0.717, 1.165) is 0 Å². The van der Waals surface area contributed by atoms with Crippen molar-refractivity contribution in [2.24, 2.45) is 23.3 Å². The summed E-state index contributed by atoms with van der Waals surface area (Å²) in [6.07, 6.45) is 0. The Bertz CT molecular complexity index is 342. The van der Waals surface area contributed by atoms with Crippen LogP contribution < -0.4 is 22.1 Å². The van der Waals surface area contributed by atoms with Gasteiger partial charge in [-0.15, -0.1) is 0 Å². The summed E-state index contributed by atoms with van der Waals surface area (Å²) in [6.45, 7) is 6.93. The van der Waals surface area contributed by atoms with Gasteiger partial charge in [0.15, 0.2) is 0 Å². The lowest BCUT2D eigenvalue weighted by Gasteiger charge is -2.20. The second-order valence-electron chi connectivity index (χ2n) is 5.18. The number of hydrogen-bond donors (Lipinski definition) is 4. The molecular weight excluding hydrogens is 248 g/mol. The SMILES string of the molecule is CC(C)C(NC(=O)CNC(=O)[C@@H](N)C(C)C)C(N)=O. The minimum absolute atomic E-state index is 0.0166. The first-order valence-electron chi connectivity index (χ1n) is 6.28. The van der Waals surface area contributed by atoms with E-state index in [0.29, 0.717) is 0 Å². The van der Waals surface area contributed by atoms with Gasteiger partial charge in [0.25, 0.3) is 0 Å². The van der Waals surface area contributed by atoms with Crippen molar-refractivity contribution >= 4 is 17.7 Å². The number of primary amides is 1. The third kappa shape index (κ3) is 6.19. The molecule has 0 radical (unpaired) electrons. The number of amides is 3. The minimum atomic E-state index is -0.747. The highest BCUT2D eigenvalue weighted by Gasteiger charge is 2.22. The van der Waals surface area contributed by atoms with Gasteiger partial charge in [-0.05, 0) is 11.8 Å². The number of nitrogens with two attached hydrogens (primary N) is 2. The van der Waals surface area contributed by atoms with E-state index in [1.54, 1.807) is 13.8 Å². The molecule has 0 saturated carbocycles. The third-order valence-electron chi connectivity index (χ3n) is 2.73. The van der Waals surface area contributed by atoms with Crippen LogP contribution in [0.2, 0.25) is 0 Å². The van der Waals surface area contributed by atoms with E-state index in [1.807, 2.05) is 13.8 Å². The number of hydrogen-bond acceptors (Lipinski definition) is 4. The van der Waals surface area contributed by atoms with E-state index < -0.39 is 29.8 Å². The highest BCUT2D eigenvalue weighted by atomic mass is 16.2. The third-order valence-corrected chi connectivity index (χ3v) is 2.73. The first-order chi connectivity index (χ1) is 8.66. The molecule has 0 aromatic carbocycles. The van der Waals surface area contributed by atoms with Crippen molar-refractivity contribution in [1.82, 2.24) is 10.6 Å². The van der Waals surface area contributed by atoms with Crippen molar-refractivity contribution in [3.63, 3.8) is 0 Å². The Labute approximate surface area is 113 Å². The molecule has 0 heterocycles. The number of carbonyl (C=O) groups excluding carboxylic acids is 3.